The van der Waals surface area contributed by atoms with Gasteiger partial charge in [-0.25, -0.2) is 0 Å². The Kier molecular flexibility index (Phi) is 3.69. The van der Waals surface area contributed by atoms with Crippen LogP contribution in [0.1, 0.15) is 23.1 Å². The van der Waals surface area contributed by atoms with Gasteiger partial charge in [-0.15, -0.1) is 0 Å². The van der Waals surface area contributed by atoms with Crippen LogP contribution in [0, 0.1) is 18.3 Å². The van der Waals surface area contributed by atoms with E-state index in [1.807, 2.05) is 26.1 Å². The van der Waals surface area contributed by atoms with Crippen molar-refractivity contribution < 1.29 is 9.26 Å². The summed E-state index contributed by atoms with van der Waals surface area (Å²) in [6.45, 7) is 4.26. The topological polar surface area (TPSA) is 75.2 Å². The smallest absolute Gasteiger partial charge is 0.258 e. The molecular weight excluding hydrogens is 268 g/mol. The third-order valence-corrected chi connectivity index (χ3v) is 3.59. The second-order valence-electron chi connectivity index (χ2n) is 5.22. The van der Waals surface area contributed by atoms with Gasteiger partial charge in [0.1, 0.15) is 6.10 Å². The average molecular weight is 284 g/mol. The van der Waals surface area contributed by atoms with Gasteiger partial charge in [0.2, 0.25) is 5.82 Å². The van der Waals surface area contributed by atoms with Crippen LogP contribution in [-0.4, -0.2) is 41.8 Å². The predicted octanol–water partition coefficient (Wildman–Crippen LogP) is 1.92. The van der Waals surface area contributed by atoms with E-state index in [1.54, 1.807) is 6.07 Å². The van der Waals surface area contributed by atoms with Crippen LogP contribution in [0.2, 0.25) is 0 Å². The Hall–Kier alpha value is -2.23. The lowest BCUT2D eigenvalue weighted by atomic mass is 10.1. The number of hydrogen-bond acceptors (Lipinski definition) is 6. The first kappa shape index (κ1) is 13.7. The summed E-state index contributed by atoms with van der Waals surface area (Å²) in [5, 5.41) is 12.9. The maximum absolute atomic E-state index is 8.90. The quantitative estimate of drug-likeness (QED) is 0.838. The van der Waals surface area contributed by atoms with Crippen LogP contribution in [0.15, 0.2) is 22.7 Å². The molecule has 2 aromatic rings. The molecule has 0 spiro atoms. The van der Waals surface area contributed by atoms with Gasteiger partial charge >= 0.3 is 0 Å². The molecule has 1 unspecified atom stereocenters. The highest BCUT2D eigenvalue weighted by Gasteiger charge is 2.25. The molecule has 2 heterocycles. The van der Waals surface area contributed by atoms with E-state index in [9.17, 15) is 0 Å². The van der Waals surface area contributed by atoms with Crippen LogP contribution in [0.4, 0.5) is 0 Å². The Labute approximate surface area is 122 Å². The van der Waals surface area contributed by atoms with Gasteiger partial charge in [-0.3, -0.25) is 0 Å². The molecule has 1 aromatic heterocycles. The number of benzene rings is 1. The summed E-state index contributed by atoms with van der Waals surface area (Å²) >= 11 is 0. The fourth-order valence-electron chi connectivity index (χ4n) is 2.38. The molecule has 0 bridgehead atoms. The minimum absolute atomic E-state index is 0.153. The zero-order valence-corrected chi connectivity index (χ0v) is 12.0. The molecule has 6 nitrogen and oxygen atoms in total. The van der Waals surface area contributed by atoms with Crippen molar-refractivity contribution in [3.8, 4) is 17.5 Å². The molecule has 21 heavy (non-hydrogen) atoms. The van der Waals surface area contributed by atoms with E-state index >= 15 is 0 Å². The van der Waals surface area contributed by atoms with E-state index < -0.39 is 0 Å². The summed E-state index contributed by atoms with van der Waals surface area (Å²) in [4.78, 5) is 6.62. The van der Waals surface area contributed by atoms with Crippen LogP contribution in [0.5, 0.6) is 0 Å². The van der Waals surface area contributed by atoms with Crippen LogP contribution in [0.3, 0.4) is 0 Å². The van der Waals surface area contributed by atoms with E-state index in [0.717, 1.165) is 24.2 Å². The standard InChI is InChI=1S/C15H16N4O2/c1-10-7-11(8-16)3-4-12(10)15-17-14(18-21-15)13-9-19(2)5-6-20-13/h3-4,7,13H,5-6,9H2,1-2H3. The van der Waals surface area contributed by atoms with Gasteiger partial charge in [-0.2, -0.15) is 10.2 Å². The monoisotopic (exact) mass is 284 g/mol. The maximum Gasteiger partial charge on any atom is 0.258 e. The van der Waals surface area contributed by atoms with Gasteiger partial charge in [0.15, 0.2) is 0 Å². The van der Waals surface area contributed by atoms with Crippen molar-refractivity contribution in [3.05, 3.63) is 35.2 Å². The molecule has 0 saturated carbocycles. The minimum Gasteiger partial charge on any atom is -0.367 e. The molecule has 1 atom stereocenters. The Morgan fingerprint density at radius 1 is 1.43 bits per heavy atom. The highest BCUT2D eigenvalue weighted by molar-refractivity contribution is 5.60. The summed E-state index contributed by atoms with van der Waals surface area (Å²) in [5.74, 6) is 1.03. The van der Waals surface area contributed by atoms with E-state index in [0.29, 0.717) is 23.9 Å². The van der Waals surface area contributed by atoms with Gasteiger partial charge in [-0.05, 0) is 37.7 Å². The molecule has 0 amide bonds. The van der Waals surface area contributed by atoms with E-state index in [2.05, 4.69) is 21.1 Å². The first-order valence-electron chi connectivity index (χ1n) is 6.82. The summed E-state index contributed by atoms with van der Waals surface area (Å²) in [5.41, 5.74) is 2.40. The first-order chi connectivity index (χ1) is 10.2. The normalized spacial score (nSPS) is 19.4. The zero-order valence-electron chi connectivity index (χ0n) is 12.0. The van der Waals surface area contributed by atoms with Crippen molar-refractivity contribution >= 4 is 0 Å². The van der Waals surface area contributed by atoms with Gasteiger partial charge < -0.3 is 14.2 Å². The molecule has 1 aliphatic heterocycles. The summed E-state index contributed by atoms with van der Waals surface area (Å²) in [7, 11) is 2.04. The maximum atomic E-state index is 8.90. The lowest BCUT2D eigenvalue weighted by Gasteiger charge is -2.27. The van der Waals surface area contributed by atoms with Gasteiger partial charge in [0, 0.05) is 18.7 Å². The van der Waals surface area contributed by atoms with Crippen molar-refractivity contribution in [1.29, 1.82) is 5.26 Å². The molecular formula is C15H16N4O2. The van der Waals surface area contributed by atoms with Gasteiger partial charge in [0.05, 0.1) is 18.2 Å². The fraction of sp³-hybridized carbons (Fsp3) is 0.400. The predicted molar refractivity (Wildman–Crippen MR) is 75.4 cm³/mol. The van der Waals surface area contributed by atoms with Crippen LogP contribution >= 0.6 is 0 Å². The third kappa shape index (κ3) is 2.79. The number of rotatable bonds is 2. The lowest BCUT2D eigenvalue weighted by Crippen LogP contribution is -2.35. The summed E-state index contributed by atoms with van der Waals surface area (Å²) in [6.07, 6.45) is -0.153. The summed E-state index contributed by atoms with van der Waals surface area (Å²) < 4.78 is 11.0. The second kappa shape index (κ2) is 5.64. The van der Waals surface area contributed by atoms with Gasteiger partial charge in [0.25, 0.3) is 5.89 Å². The lowest BCUT2D eigenvalue weighted by molar-refractivity contribution is -0.0264. The highest BCUT2D eigenvalue weighted by Crippen LogP contribution is 2.25. The van der Waals surface area contributed by atoms with Crippen molar-refractivity contribution in [1.82, 2.24) is 15.0 Å². The molecule has 6 heteroatoms. The zero-order chi connectivity index (χ0) is 14.8. The molecule has 1 aromatic carbocycles. The fourth-order valence-corrected chi connectivity index (χ4v) is 2.38. The number of morpholine rings is 1. The molecule has 1 fully saturated rings. The summed E-state index contributed by atoms with van der Waals surface area (Å²) in [6, 6.07) is 7.51. The van der Waals surface area contributed by atoms with E-state index in [1.165, 1.54) is 0 Å². The molecule has 108 valence electrons. The second-order valence-corrected chi connectivity index (χ2v) is 5.22. The molecule has 1 saturated heterocycles. The SMILES string of the molecule is Cc1cc(C#N)ccc1-c1nc(C2CN(C)CCO2)no1. The number of nitrogens with zero attached hydrogens (tertiary/aromatic N) is 4. The van der Waals surface area contributed by atoms with Crippen LogP contribution in [-0.2, 0) is 4.74 Å². The van der Waals surface area contributed by atoms with Crippen LogP contribution < -0.4 is 0 Å². The highest BCUT2D eigenvalue weighted by atomic mass is 16.5. The van der Waals surface area contributed by atoms with Crippen molar-refractivity contribution in [2.24, 2.45) is 0 Å². The molecule has 3 rings (SSSR count). The molecule has 0 aliphatic carbocycles. The number of aryl methyl sites for hydroxylation is 1. The van der Waals surface area contributed by atoms with E-state index in [-0.39, 0.29) is 6.10 Å². The van der Waals surface area contributed by atoms with Crippen molar-refractivity contribution in [2.45, 2.75) is 13.0 Å². The van der Waals surface area contributed by atoms with Crippen molar-refractivity contribution in [3.63, 3.8) is 0 Å². The first-order valence-corrected chi connectivity index (χ1v) is 6.82. The number of aromatic nitrogens is 2. The average Bonchev–Trinajstić information content (AvgIpc) is 2.96. The van der Waals surface area contributed by atoms with Gasteiger partial charge in [-0.1, -0.05) is 5.16 Å². The van der Waals surface area contributed by atoms with Crippen LogP contribution in [0.25, 0.3) is 11.5 Å². The Bertz CT molecular complexity index is 689. The minimum atomic E-state index is -0.153. The number of nitriles is 1. The Balaban J connectivity index is 1.86. The largest absolute Gasteiger partial charge is 0.367 e. The number of likely N-dealkylation sites (N-methyl/N-ethyl adjacent to an activating group) is 1. The molecule has 0 N–H and O–H groups in total. The third-order valence-electron chi connectivity index (χ3n) is 3.59. The molecule has 1 aliphatic rings. The number of ether oxygens (including phenoxy) is 1. The Morgan fingerprint density at radius 3 is 3.00 bits per heavy atom. The van der Waals surface area contributed by atoms with Crippen molar-refractivity contribution in [2.75, 3.05) is 26.7 Å². The number of hydrogen-bond donors (Lipinski definition) is 0. The Morgan fingerprint density at radius 2 is 2.29 bits per heavy atom. The van der Waals surface area contributed by atoms with E-state index in [4.69, 9.17) is 14.5 Å². The molecule has 0 radical (unpaired) electrons.